The Hall–Kier alpha value is -3.64. The van der Waals surface area contributed by atoms with Crippen molar-refractivity contribution in [2.24, 2.45) is 12.0 Å². The number of hydrogen-bond donors (Lipinski definition) is 2. The molecule has 0 bridgehead atoms. The molecule has 1 aromatic heterocycles. The first-order valence-corrected chi connectivity index (χ1v) is 11.2. The van der Waals surface area contributed by atoms with E-state index in [4.69, 9.17) is 14.5 Å². The Morgan fingerprint density at radius 3 is 2.83 bits per heavy atom. The first kappa shape index (κ1) is 24.5. The summed E-state index contributed by atoms with van der Waals surface area (Å²) in [6, 6.07) is 3.49. The van der Waals surface area contributed by atoms with Crippen molar-refractivity contribution in [1.29, 1.82) is 0 Å². The molecular weight excluding hydrogens is 459 g/mol. The zero-order chi connectivity index (χ0) is 25.1. The molecule has 0 radical (unpaired) electrons. The number of aliphatic imine (C=N–C) groups is 1. The van der Waals surface area contributed by atoms with Gasteiger partial charge in [0.05, 0.1) is 18.8 Å². The van der Waals surface area contributed by atoms with Crippen molar-refractivity contribution in [2.75, 3.05) is 32.8 Å². The third kappa shape index (κ3) is 5.38. The first-order valence-electron chi connectivity index (χ1n) is 11.2. The summed E-state index contributed by atoms with van der Waals surface area (Å²) in [7, 11) is 1.72. The number of hydrogen-bond acceptors (Lipinski definition) is 9. The molecular formula is C23H27FN6O5. The lowest BCUT2D eigenvalue weighted by Crippen LogP contribution is -2.48. The Morgan fingerprint density at radius 2 is 2.17 bits per heavy atom. The summed E-state index contributed by atoms with van der Waals surface area (Å²) in [6.45, 7) is 4.67. The van der Waals surface area contributed by atoms with Crippen LogP contribution in [0.4, 0.5) is 4.39 Å². The largest absolute Gasteiger partial charge is 0.479 e. The van der Waals surface area contributed by atoms with Gasteiger partial charge in [-0.25, -0.2) is 19.0 Å². The molecule has 2 unspecified atom stereocenters. The van der Waals surface area contributed by atoms with E-state index in [1.165, 1.54) is 23.1 Å². The standard InChI is InChI=1S/C23H27FN6O5/c1-4-34-23(33)18-16(10-30-7-8-35-17(11-30)22(31)32)26-21(20-25-12-29(3)28-20)27-19(18)15-6-5-14(24)9-13(15)2/h5-6,9,12,17,19H,4,7-8,10-11H2,1-3H3,(H,26,27)(H,31,32). The molecule has 1 fully saturated rings. The third-order valence-electron chi connectivity index (χ3n) is 5.77. The first-order chi connectivity index (χ1) is 16.8. The van der Waals surface area contributed by atoms with Crippen molar-refractivity contribution in [1.82, 2.24) is 25.0 Å². The highest BCUT2D eigenvalue weighted by molar-refractivity contribution is 6.01. The number of morpholine rings is 1. The van der Waals surface area contributed by atoms with Gasteiger partial charge in [0.1, 0.15) is 18.2 Å². The number of nitrogens with zero attached hydrogens (tertiary/aromatic N) is 5. The average Bonchev–Trinajstić information content (AvgIpc) is 3.25. The van der Waals surface area contributed by atoms with E-state index in [9.17, 15) is 19.1 Å². The smallest absolute Gasteiger partial charge is 0.338 e. The van der Waals surface area contributed by atoms with Gasteiger partial charge in [-0.15, -0.1) is 5.10 Å². The summed E-state index contributed by atoms with van der Waals surface area (Å²) in [4.78, 5) is 35.6. The zero-order valence-corrected chi connectivity index (χ0v) is 19.7. The van der Waals surface area contributed by atoms with E-state index in [0.717, 1.165) is 0 Å². The van der Waals surface area contributed by atoms with Crippen LogP contribution in [-0.4, -0.2) is 81.5 Å². The minimum atomic E-state index is -1.05. The topological polar surface area (TPSA) is 131 Å². The Bertz CT molecular complexity index is 1190. The van der Waals surface area contributed by atoms with Gasteiger partial charge in [0.2, 0.25) is 5.82 Å². The minimum absolute atomic E-state index is 0.144. The normalized spacial score (nSPS) is 20.9. The van der Waals surface area contributed by atoms with Gasteiger partial charge in [0, 0.05) is 32.4 Å². The fourth-order valence-electron chi connectivity index (χ4n) is 4.12. The maximum atomic E-state index is 13.9. The molecule has 1 saturated heterocycles. The molecule has 0 saturated carbocycles. The lowest BCUT2D eigenvalue weighted by Gasteiger charge is -2.34. The van der Waals surface area contributed by atoms with Crippen molar-refractivity contribution in [3.8, 4) is 0 Å². The number of amidine groups is 1. The fraction of sp³-hybridized carbons (Fsp3) is 0.435. The van der Waals surface area contributed by atoms with E-state index in [2.05, 4.69) is 15.4 Å². The lowest BCUT2D eigenvalue weighted by atomic mass is 9.92. The molecule has 3 heterocycles. The van der Waals surface area contributed by atoms with Gasteiger partial charge in [-0.05, 0) is 37.1 Å². The number of aromatic nitrogens is 3. The fourth-order valence-corrected chi connectivity index (χ4v) is 4.12. The highest BCUT2D eigenvalue weighted by Gasteiger charge is 2.36. The van der Waals surface area contributed by atoms with E-state index in [1.54, 1.807) is 27.0 Å². The summed E-state index contributed by atoms with van der Waals surface area (Å²) < 4.78 is 26.1. The van der Waals surface area contributed by atoms with Crippen molar-refractivity contribution in [3.05, 3.63) is 58.6 Å². The quantitative estimate of drug-likeness (QED) is 0.549. The van der Waals surface area contributed by atoms with Crippen LogP contribution in [0, 0.1) is 12.7 Å². The molecule has 11 nitrogen and oxygen atoms in total. The number of carbonyl (C=O) groups excluding carboxylic acids is 1. The highest BCUT2D eigenvalue weighted by atomic mass is 19.1. The van der Waals surface area contributed by atoms with Crippen LogP contribution in [0.2, 0.25) is 0 Å². The number of carboxylic acid groups (broad SMARTS) is 1. The van der Waals surface area contributed by atoms with Crippen molar-refractivity contribution in [3.63, 3.8) is 0 Å². The van der Waals surface area contributed by atoms with Gasteiger partial charge in [-0.2, -0.15) is 0 Å². The van der Waals surface area contributed by atoms with Gasteiger partial charge in [0.15, 0.2) is 11.9 Å². The van der Waals surface area contributed by atoms with Crippen molar-refractivity contribution in [2.45, 2.75) is 26.0 Å². The SMILES string of the molecule is CCOC(=O)C1=C(CN2CCOC(C(=O)O)C2)NC(c2ncn(C)n2)=NC1c1ccc(F)cc1C. The number of rotatable bonds is 7. The highest BCUT2D eigenvalue weighted by Crippen LogP contribution is 2.34. The molecule has 2 aliphatic heterocycles. The Balaban J connectivity index is 1.80. The van der Waals surface area contributed by atoms with Gasteiger partial charge in [-0.1, -0.05) is 6.07 Å². The molecule has 2 N–H and O–H groups in total. The van der Waals surface area contributed by atoms with E-state index >= 15 is 0 Å². The number of carbonyl (C=O) groups is 2. The van der Waals surface area contributed by atoms with Gasteiger partial charge < -0.3 is 19.9 Å². The second-order valence-corrected chi connectivity index (χ2v) is 8.29. The number of aryl methyl sites for hydroxylation is 2. The van der Waals surface area contributed by atoms with Gasteiger partial charge in [-0.3, -0.25) is 14.6 Å². The molecule has 0 spiro atoms. The summed E-state index contributed by atoms with van der Waals surface area (Å²) >= 11 is 0. The molecule has 2 aliphatic rings. The third-order valence-corrected chi connectivity index (χ3v) is 5.77. The Morgan fingerprint density at radius 1 is 1.37 bits per heavy atom. The van der Waals surface area contributed by atoms with Crippen LogP contribution in [-0.2, 0) is 26.1 Å². The molecule has 35 heavy (non-hydrogen) atoms. The summed E-state index contributed by atoms with van der Waals surface area (Å²) in [6.07, 6.45) is 0.557. The zero-order valence-electron chi connectivity index (χ0n) is 19.7. The van der Waals surface area contributed by atoms with Crippen LogP contribution in [0.5, 0.6) is 0 Å². The van der Waals surface area contributed by atoms with E-state index in [0.29, 0.717) is 35.0 Å². The Kier molecular flexibility index (Phi) is 7.22. The number of ether oxygens (including phenoxy) is 2. The van der Waals surface area contributed by atoms with E-state index < -0.39 is 29.9 Å². The number of benzene rings is 1. The summed E-state index contributed by atoms with van der Waals surface area (Å²) in [5.74, 6) is -1.35. The number of nitrogens with one attached hydrogen (secondary N) is 1. The van der Waals surface area contributed by atoms with Crippen LogP contribution >= 0.6 is 0 Å². The molecule has 0 amide bonds. The number of halogens is 1. The average molecular weight is 487 g/mol. The molecule has 4 rings (SSSR count). The number of carboxylic acids is 1. The monoisotopic (exact) mass is 486 g/mol. The Labute approximate surface area is 201 Å². The van der Waals surface area contributed by atoms with Crippen LogP contribution in [0.3, 0.4) is 0 Å². The second kappa shape index (κ2) is 10.3. The molecule has 12 heteroatoms. The van der Waals surface area contributed by atoms with Crippen molar-refractivity contribution < 1.29 is 28.6 Å². The summed E-state index contributed by atoms with van der Waals surface area (Å²) in [5.41, 5.74) is 2.00. The summed E-state index contributed by atoms with van der Waals surface area (Å²) in [5, 5.41) is 16.9. The van der Waals surface area contributed by atoms with Crippen LogP contribution in [0.15, 0.2) is 40.8 Å². The predicted molar refractivity (Wildman–Crippen MR) is 122 cm³/mol. The van der Waals surface area contributed by atoms with E-state index in [1.807, 2.05) is 4.90 Å². The maximum absolute atomic E-state index is 13.9. The molecule has 2 atom stereocenters. The van der Waals surface area contributed by atoms with Crippen LogP contribution in [0.25, 0.3) is 0 Å². The lowest BCUT2D eigenvalue weighted by molar-refractivity contribution is -0.155. The van der Waals surface area contributed by atoms with Crippen LogP contribution in [0.1, 0.15) is 29.9 Å². The molecule has 186 valence electrons. The number of esters is 1. The predicted octanol–water partition coefficient (Wildman–Crippen LogP) is 0.956. The maximum Gasteiger partial charge on any atom is 0.338 e. The second-order valence-electron chi connectivity index (χ2n) is 8.29. The minimum Gasteiger partial charge on any atom is -0.479 e. The molecule has 2 aromatic rings. The van der Waals surface area contributed by atoms with Crippen LogP contribution < -0.4 is 5.32 Å². The van der Waals surface area contributed by atoms with Gasteiger partial charge >= 0.3 is 11.9 Å². The van der Waals surface area contributed by atoms with Crippen molar-refractivity contribution >= 4 is 17.8 Å². The number of aliphatic carboxylic acids is 1. The van der Waals surface area contributed by atoms with E-state index in [-0.39, 0.29) is 31.9 Å². The van der Waals surface area contributed by atoms with Gasteiger partial charge in [0.25, 0.3) is 0 Å². The molecule has 0 aliphatic carbocycles. The molecule has 1 aromatic carbocycles.